The molecule has 4 heteroatoms. The number of carbonyl (C=O) groups is 1. The van der Waals surface area contributed by atoms with Gasteiger partial charge in [0.15, 0.2) is 0 Å². The maximum atomic E-state index is 11.3. The van der Waals surface area contributed by atoms with E-state index in [4.69, 9.17) is 4.74 Å². The Bertz CT molecular complexity index is 264. The molecule has 1 rings (SSSR count). The number of methoxy groups -OCH3 is 1. The van der Waals surface area contributed by atoms with Crippen molar-refractivity contribution in [3.05, 3.63) is 0 Å². The Labute approximate surface area is 105 Å². The molecule has 1 saturated heterocycles. The summed E-state index contributed by atoms with van der Waals surface area (Å²) in [5.74, 6) is -0.133. The van der Waals surface area contributed by atoms with E-state index in [1.807, 2.05) is 0 Å². The van der Waals surface area contributed by atoms with E-state index in [-0.39, 0.29) is 17.6 Å². The summed E-state index contributed by atoms with van der Waals surface area (Å²) in [6.07, 6.45) is 1.55. The summed E-state index contributed by atoms with van der Waals surface area (Å²) < 4.78 is 4.74. The predicted molar refractivity (Wildman–Crippen MR) is 69.0 cm³/mol. The molecule has 0 radical (unpaired) electrons. The fraction of sp³-hybridized carbons (Fsp3) is 0.923. The number of ether oxygens (including phenoxy) is 1. The number of hydrogen-bond donors (Lipinski definition) is 1. The standard InChI is InChI=1S/C13H26N2O2/c1-10(2)15-9-11(8-12(16)17-5)14-7-6-13(15,3)4/h10-11,14H,6-9H2,1-5H3. The van der Waals surface area contributed by atoms with Gasteiger partial charge in [-0.2, -0.15) is 0 Å². The Morgan fingerprint density at radius 2 is 2.18 bits per heavy atom. The zero-order valence-corrected chi connectivity index (χ0v) is 11.7. The molecule has 1 fully saturated rings. The second-order valence-electron chi connectivity index (χ2n) is 5.74. The van der Waals surface area contributed by atoms with Gasteiger partial charge in [-0.3, -0.25) is 9.69 Å². The van der Waals surface area contributed by atoms with Gasteiger partial charge in [0.05, 0.1) is 13.5 Å². The van der Waals surface area contributed by atoms with Crippen molar-refractivity contribution in [3.63, 3.8) is 0 Å². The fourth-order valence-corrected chi connectivity index (χ4v) is 2.61. The number of esters is 1. The Morgan fingerprint density at radius 1 is 1.53 bits per heavy atom. The Kier molecular flexibility index (Phi) is 4.95. The van der Waals surface area contributed by atoms with Crippen LogP contribution in [0.5, 0.6) is 0 Å². The minimum atomic E-state index is -0.133. The average Bonchev–Trinajstić information content (AvgIpc) is 2.37. The van der Waals surface area contributed by atoms with Crippen LogP contribution in [-0.2, 0) is 9.53 Å². The lowest BCUT2D eigenvalue weighted by Gasteiger charge is -2.40. The van der Waals surface area contributed by atoms with Gasteiger partial charge < -0.3 is 10.1 Å². The van der Waals surface area contributed by atoms with Crippen LogP contribution in [0.1, 0.15) is 40.5 Å². The minimum Gasteiger partial charge on any atom is -0.469 e. The molecule has 0 bridgehead atoms. The van der Waals surface area contributed by atoms with E-state index in [0.717, 1.165) is 19.5 Å². The molecule has 0 aromatic carbocycles. The summed E-state index contributed by atoms with van der Waals surface area (Å²) in [7, 11) is 1.45. The highest BCUT2D eigenvalue weighted by atomic mass is 16.5. The smallest absolute Gasteiger partial charge is 0.307 e. The van der Waals surface area contributed by atoms with E-state index in [2.05, 4.69) is 37.9 Å². The SMILES string of the molecule is COC(=O)CC1CN(C(C)C)C(C)(C)CCN1. The molecule has 1 aliphatic rings. The number of nitrogens with one attached hydrogen (secondary N) is 1. The van der Waals surface area contributed by atoms with Crippen molar-refractivity contribution in [2.24, 2.45) is 0 Å². The van der Waals surface area contributed by atoms with Crippen LogP contribution in [0.2, 0.25) is 0 Å². The fourth-order valence-electron chi connectivity index (χ4n) is 2.61. The first-order valence-corrected chi connectivity index (χ1v) is 6.44. The van der Waals surface area contributed by atoms with Crippen LogP contribution in [0.3, 0.4) is 0 Å². The lowest BCUT2D eigenvalue weighted by molar-refractivity contribution is -0.141. The van der Waals surface area contributed by atoms with E-state index in [1.54, 1.807) is 0 Å². The van der Waals surface area contributed by atoms with E-state index >= 15 is 0 Å². The minimum absolute atomic E-state index is 0.133. The van der Waals surface area contributed by atoms with Gasteiger partial charge in [0, 0.05) is 24.2 Å². The Hall–Kier alpha value is -0.610. The van der Waals surface area contributed by atoms with Crippen molar-refractivity contribution in [2.75, 3.05) is 20.2 Å². The third-order valence-electron chi connectivity index (χ3n) is 3.63. The molecule has 0 aromatic heterocycles. The van der Waals surface area contributed by atoms with Crippen LogP contribution in [-0.4, -0.2) is 48.7 Å². The zero-order valence-electron chi connectivity index (χ0n) is 11.7. The van der Waals surface area contributed by atoms with Crippen LogP contribution < -0.4 is 5.32 Å². The first-order chi connectivity index (χ1) is 7.86. The van der Waals surface area contributed by atoms with Gasteiger partial charge in [0.1, 0.15) is 0 Å². The van der Waals surface area contributed by atoms with Gasteiger partial charge in [0.25, 0.3) is 0 Å². The summed E-state index contributed by atoms with van der Waals surface area (Å²) in [5.41, 5.74) is 0.187. The van der Waals surface area contributed by atoms with Crippen molar-refractivity contribution in [2.45, 2.75) is 58.2 Å². The molecular formula is C13H26N2O2. The van der Waals surface area contributed by atoms with E-state index in [9.17, 15) is 4.79 Å². The maximum absolute atomic E-state index is 11.3. The highest BCUT2D eigenvalue weighted by Crippen LogP contribution is 2.24. The van der Waals surface area contributed by atoms with Crippen molar-refractivity contribution in [1.29, 1.82) is 0 Å². The quantitative estimate of drug-likeness (QED) is 0.760. The number of hydrogen-bond acceptors (Lipinski definition) is 4. The van der Waals surface area contributed by atoms with Crippen LogP contribution in [0.4, 0.5) is 0 Å². The molecule has 0 aliphatic carbocycles. The lowest BCUT2D eigenvalue weighted by atomic mass is 9.97. The second-order valence-corrected chi connectivity index (χ2v) is 5.74. The van der Waals surface area contributed by atoms with Crippen molar-refractivity contribution in [3.8, 4) is 0 Å². The van der Waals surface area contributed by atoms with Gasteiger partial charge in [-0.05, 0) is 40.7 Å². The third kappa shape index (κ3) is 3.96. The second kappa shape index (κ2) is 5.83. The molecule has 1 heterocycles. The molecule has 0 saturated carbocycles. The highest BCUT2D eigenvalue weighted by molar-refractivity contribution is 5.69. The van der Waals surface area contributed by atoms with Crippen LogP contribution >= 0.6 is 0 Å². The Balaban J connectivity index is 2.69. The average molecular weight is 242 g/mol. The first-order valence-electron chi connectivity index (χ1n) is 6.44. The zero-order chi connectivity index (χ0) is 13.1. The van der Waals surface area contributed by atoms with Crippen molar-refractivity contribution >= 4 is 5.97 Å². The molecule has 17 heavy (non-hydrogen) atoms. The van der Waals surface area contributed by atoms with E-state index in [0.29, 0.717) is 12.5 Å². The van der Waals surface area contributed by atoms with Gasteiger partial charge in [-0.15, -0.1) is 0 Å². The highest BCUT2D eigenvalue weighted by Gasteiger charge is 2.33. The van der Waals surface area contributed by atoms with Gasteiger partial charge >= 0.3 is 5.97 Å². The molecule has 0 amide bonds. The van der Waals surface area contributed by atoms with Gasteiger partial charge in [-0.1, -0.05) is 0 Å². The monoisotopic (exact) mass is 242 g/mol. The van der Waals surface area contributed by atoms with Crippen molar-refractivity contribution in [1.82, 2.24) is 10.2 Å². The number of carbonyl (C=O) groups excluding carboxylic acids is 1. The largest absolute Gasteiger partial charge is 0.469 e. The first kappa shape index (κ1) is 14.5. The molecular weight excluding hydrogens is 216 g/mol. The van der Waals surface area contributed by atoms with Crippen LogP contribution in [0.15, 0.2) is 0 Å². The maximum Gasteiger partial charge on any atom is 0.307 e. The third-order valence-corrected chi connectivity index (χ3v) is 3.63. The van der Waals surface area contributed by atoms with Crippen LogP contribution in [0, 0.1) is 0 Å². The molecule has 1 N–H and O–H groups in total. The molecule has 1 aliphatic heterocycles. The molecule has 4 nitrogen and oxygen atoms in total. The molecule has 0 aromatic rings. The predicted octanol–water partition coefficient (Wildman–Crippen LogP) is 1.40. The summed E-state index contributed by atoms with van der Waals surface area (Å²) >= 11 is 0. The molecule has 1 atom stereocenters. The summed E-state index contributed by atoms with van der Waals surface area (Å²) in [5, 5.41) is 3.44. The van der Waals surface area contributed by atoms with Gasteiger partial charge in [0.2, 0.25) is 0 Å². The summed E-state index contributed by atoms with van der Waals surface area (Å²) in [6, 6.07) is 0.691. The molecule has 1 unspecified atom stereocenters. The van der Waals surface area contributed by atoms with Crippen LogP contribution in [0.25, 0.3) is 0 Å². The summed E-state index contributed by atoms with van der Waals surface area (Å²) in [6.45, 7) is 10.8. The topological polar surface area (TPSA) is 41.6 Å². The van der Waals surface area contributed by atoms with Gasteiger partial charge in [-0.25, -0.2) is 0 Å². The summed E-state index contributed by atoms with van der Waals surface area (Å²) in [4.78, 5) is 13.8. The number of nitrogens with zero attached hydrogens (tertiary/aromatic N) is 1. The molecule has 0 spiro atoms. The Morgan fingerprint density at radius 3 is 2.71 bits per heavy atom. The molecule has 100 valence electrons. The normalized spacial score (nSPS) is 25.6. The van der Waals surface area contributed by atoms with E-state index in [1.165, 1.54) is 7.11 Å². The number of rotatable bonds is 3. The lowest BCUT2D eigenvalue weighted by Crippen LogP contribution is -2.50. The van der Waals surface area contributed by atoms with E-state index < -0.39 is 0 Å². The van der Waals surface area contributed by atoms with Crippen molar-refractivity contribution < 1.29 is 9.53 Å².